The van der Waals surface area contributed by atoms with Gasteiger partial charge in [0.15, 0.2) is 0 Å². The third kappa shape index (κ3) is 3.19. The second kappa shape index (κ2) is 5.95. The zero-order valence-electron chi connectivity index (χ0n) is 9.86. The van der Waals surface area contributed by atoms with Crippen molar-refractivity contribution in [2.45, 2.75) is 6.54 Å². The highest BCUT2D eigenvalue weighted by Gasteiger charge is 2.09. The molecule has 0 radical (unpaired) electrons. The molecule has 0 heterocycles. The van der Waals surface area contributed by atoms with Gasteiger partial charge in [-0.2, -0.15) is 0 Å². The summed E-state index contributed by atoms with van der Waals surface area (Å²) in [6, 6.07) is 12.1. The molecule has 0 fully saturated rings. The van der Waals surface area contributed by atoms with Crippen LogP contribution in [0.4, 0.5) is 5.69 Å². The number of aromatic carboxylic acids is 1. The molecule has 5 heteroatoms. The van der Waals surface area contributed by atoms with Crippen molar-refractivity contribution in [2.75, 3.05) is 5.32 Å². The summed E-state index contributed by atoms with van der Waals surface area (Å²) in [5.41, 5.74) is 1.63. The molecule has 0 aromatic heterocycles. The van der Waals surface area contributed by atoms with E-state index in [-0.39, 0.29) is 5.56 Å². The fourth-order valence-corrected chi connectivity index (χ4v) is 2.08. The minimum absolute atomic E-state index is 0.271. The predicted molar refractivity (Wildman–Crippen MR) is 77.2 cm³/mol. The van der Waals surface area contributed by atoms with Crippen LogP contribution < -0.4 is 5.32 Å². The minimum atomic E-state index is -0.949. The van der Waals surface area contributed by atoms with Gasteiger partial charge < -0.3 is 10.4 Å². The maximum Gasteiger partial charge on any atom is 0.336 e. The first-order chi connectivity index (χ1) is 9.09. The van der Waals surface area contributed by atoms with Crippen molar-refractivity contribution in [3.8, 4) is 0 Å². The second-order valence-corrected chi connectivity index (χ2v) is 4.70. The Hall–Kier alpha value is -1.71. The highest BCUT2D eigenvalue weighted by molar-refractivity contribution is 6.43. The summed E-state index contributed by atoms with van der Waals surface area (Å²) in [6.45, 7) is 0.364. The van der Waals surface area contributed by atoms with Crippen LogP contribution in [0.5, 0.6) is 0 Å². The van der Waals surface area contributed by atoms with Gasteiger partial charge in [-0.3, -0.25) is 0 Å². The topological polar surface area (TPSA) is 49.3 Å². The largest absolute Gasteiger partial charge is 0.478 e. The lowest BCUT2D eigenvalue weighted by Gasteiger charge is -2.11. The van der Waals surface area contributed by atoms with E-state index in [1.807, 2.05) is 0 Å². The molecular formula is C14H11Cl2NO2. The Morgan fingerprint density at radius 3 is 2.58 bits per heavy atom. The van der Waals surface area contributed by atoms with Crippen LogP contribution in [0.25, 0.3) is 0 Å². The molecule has 2 aromatic rings. The Kier molecular flexibility index (Phi) is 4.30. The number of hydrogen-bond donors (Lipinski definition) is 2. The van der Waals surface area contributed by atoms with Gasteiger partial charge in [-0.15, -0.1) is 0 Å². The first kappa shape index (κ1) is 13.7. The highest BCUT2D eigenvalue weighted by atomic mass is 35.5. The number of halogens is 2. The first-order valence-corrected chi connectivity index (χ1v) is 6.34. The van der Waals surface area contributed by atoms with Crippen molar-refractivity contribution in [3.05, 3.63) is 63.6 Å². The van der Waals surface area contributed by atoms with Gasteiger partial charge in [-0.05, 0) is 23.8 Å². The van der Waals surface area contributed by atoms with Gasteiger partial charge in [0, 0.05) is 6.54 Å². The van der Waals surface area contributed by atoms with Crippen molar-refractivity contribution >= 4 is 34.9 Å². The van der Waals surface area contributed by atoms with Crippen LogP contribution in [0.3, 0.4) is 0 Å². The average Bonchev–Trinajstić information content (AvgIpc) is 2.40. The van der Waals surface area contributed by atoms with Crippen LogP contribution in [0, 0.1) is 0 Å². The molecule has 2 N–H and O–H groups in total. The molecule has 0 saturated carbocycles. The zero-order valence-corrected chi connectivity index (χ0v) is 11.4. The third-order valence-electron chi connectivity index (χ3n) is 2.67. The van der Waals surface area contributed by atoms with E-state index in [0.717, 1.165) is 0 Å². The Morgan fingerprint density at radius 2 is 1.84 bits per heavy atom. The van der Waals surface area contributed by atoms with Crippen LogP contribution in [0.15, 0.2) is 42.5 Å². The second-order valence-electron chi connectivity index (χ2n) is 3.92. The molecule has 0 amide bonds. The van der Waals surface area contributed by atoms with Gasteiger partial charge in [-0.1, -0.05) is 47.5 Å². The van der Waals surface area contributed by atoms with Crippen molar-refractivity contribution in [3.63, 3.8) is 0 Å². The normalized spacial score (nSPS) is 10.2. The van der Waals surface area contributed by atoms with Crippen LogP contribution in [0.1, 0.15) is 15.9 Å². The monoisotopic (exact) mass is 295 g/mol. The van der Waals surface area contributed by atoms with Gasteiger partial charge in [-0.25, -0.2) is 4.79 Å². The standard InChI is InChI=1S/C14H11Cl2NO2/c15-11-6-3-7-12(13(11)16)17-8-9-4-1-2-5-10(9)14(18)19/h1-7,17H,8H2,(H,18,19). The Balaban J connectivity index is 2.19. The number of anilines is 1. The lowest BCUT2D eigenvalue weighted by atomic mass is 10.1. The summed E-state index contributed by atoms with van der Waals surface area (Å²) in [5, 5.41) is 13.1. The molecule has 0 spiro atoms. The molecule has 19 heavy (non-hydrogen) atoms. The SMILES string of the molecule is O=C(O)c1ccccc1CNc1cccc(Cl)c1Cl. The van der Waals surface area contributed by atoms with E-state index in [1.54, 1.807) is 42.5 Å². The van der Waals surface area contributed by atoms with Gasteiger partial charge >= 0.3 is 5.97 Å². The zero-order chi connectivity index (χ0) is 13.8. The van der Waals surface area contributed by atoms with Crippen molar-refractivity contribution in [2.24, 2.45) is 0 Å². The van der Waals surface area contributed by atoms with E-state index in [9.17, 15) is 4.79 Å². The summed E-state index contributed by atoms with van der Waals surface area (Å²) < 4.78 is 0. The molecule has 0 atom stereocenters. The van der Waals surface area contributed by atoms with Gasteiger partial charge in [0.1, 0.15) is 0 Å². The summed E-state index contributed by atoms with van der Waals surface area (Å²) in [5.74, 6) is -0.949. The molecular weight excluding hydrogens is 285 g/mol. The van der Waals surface area contributed by atoms with Gasteiger partial charge in [0.2, 0.25) is 0 Å². The fourth-order valence-electron chi connectivity index (χ4n) is 1.71. The molecule has 2 rings (SSSR count). The van der Waals surface area contributed by atoms with E-state index in [2.05, 4.69) is 5.32 Å². The third-order valence-corrected chi connectivity index (χ3v) is 3.49. The molecule has 0 bridgehead atoms. The molecule has 0 saturated heterocycles. The highest BCUT2D eigenvalue weighted by Crippen LogP contribution is 2.29. The lowest BCUT2D eigenvalue weighted by Crippen LogP contribution is -2.07. The van der Waals surface area contributed by atoms with Crippen LogP contribution in [-0.4, -0.2) is 11.1 Å². The summed E-state index contributed by atoms with van der Waals surface area (Å²) in [7, 11) is 0. The molecule has 3 nitrogen and oxygen atoms in total. The summed E-state index contributed by atoms with van der Waals surface area (Å²) in [6.07, 6.45) is 0. The first-order valence-electron chi connectivity index (χ1n) is 5.58. The summed E-state index contributed by atoms with van der Waals surface area (Å²) >= 11 is 12.0. The molecule has 0 aliphatic carbocycles. The predicted octanol–water partition coefficient (Wildman–Crippen LogP) is 4.30. The van der Waals surface area contributed by atoms with E-state index < -0.39 is 5.97 Å². The Bertz CT molecular complexity index is 614. The fraction of sp³-hybridized carbons (Fsp3) is 0.0714. The smallest absolute Gasteiger partial charge is 0.336 e. The lowest BCUT2D eigenvalue weighted by molar-refractivity contribution is 0.0696. The molecule has 98 valence electrons. The van der Waals surface area contributed by atoms with Crippen molar-refractivity contribution in [1.29, 1.82) is 0 Å². The van der Waals surface area contributed by atoms with E-state index in [1.165, 1.54) is 0 Å². The Morgan fingerprint density at radius 1 is 1.11 bits per heavy atom. The maximum atomic E-state index is 11.1. The molecule has 0 aliphatic rings. The van der Waals surface area contributed by atoms with Gasteiger partial charge in [0.25, 0.3) is 0 Å². The van der Waals surface area contributed by atoms with Crippen molar-refractivity contribution < 1.29 is 9.90 Å². The van der Waals surface area contributed by atoms with Crippen LogP contribution in [-0.2, 0) is 6.54 Å². The number of carbonyl (C=O) groups is 1. The number of carboxylic acid groups (broad SMARTS) is 1. The number of hydrogen-bond acceptors (Lipinski definition) is 2. The Labute approximate surface area is 120 Å². The van der Waals surface area contributed by atoms with Crippen LogP contribution >= 0.6 is 23.2 Å². The summed E-state index contributed by atoms with van der Waals surface area (Å²) in [4.78, 5) is 11.1. The van der Waals surface area contributed by atoms with E-state index in [4.69, 9.17) is 28.3 Å². The number of rotatable bonds is 4. The molecule has 0 aliphatic heterocycles. The molecule has 2 aromatic carbocycles. The number of carboxylic acids is 1. The van der Waals surface area contributed by atoms with E-state index in [0.29, 0.717) is 27.8 Å². The van der Waals surface area contributed by atoms with Crippen molar-refractivity contribution in [1.82, 2.24) is 0 Å². The average molecular weight is 296 g/mol. The quantitative estimate of drug-likeness (QED) is 0.884. The minimum Gasteiger partial charge on any atom is -0.478 e. The maximum absolute atomic E-state index is 11.1. The van der Waals surface area contributed by atoms with E-state index >= 15 is 0 Å². The van der Waals surface area contributed by atoms with Crippen LogP contribution in [0.2, 0.25) is 10.0 Å². The molecule has 0 unspecified atom stereocenters. The van der Waals surface area contributed by atoms with Gasteiger partial charge in [0.05, 0.1) is 21.3 Å². The number of nitrogens with one attached hydrogen (secondary N) is 1. The number of benzene rings is 2.